The van der Waals surface area contributed by atoms with Crippen LogP contribution in [0, 0.1) is 10.1 Å². The Morgan fingerprint density at radius 2 is 2.05 bits per heavy atom. The molecule has 0 atom stereocenters. The zero-order chi connectivity index (χ0) is 16.1. The van der Waals surface area contributed by atoms with Crippen molar-refractivity contribution in [1.82, 2.24) is 0 Å². The predicted molar refractivity (Wildman–Crippen MR) is 80.9 cm³/mol. The Balaban J connectivity index is 2.05. The predicted octanol–water partition coefficient (Wildman–Crippen LogP) is 3.52. The third-order valence-electron chi connectivity index (χ3n) is 2.87. The number of nitrogens with zero attached hydrogens (tertiary/aromatic N) is 1. The molecular weight excluding hydrogens is 310 g/mol. The van der Waals surface area contributed by atoms with Gasteiger partial charge in [-0.2, -0.15) is 0 Å². The number of rotatable bonds is 6. The number of halogens is 1. The van der Waals surface area contributed by atoms with Crippen molar-refractivity contribution in [1.29, 1.82) is 0 Å². The number of non-ortho nitro benzene ring substituents is 1. The number of nitro groups is 1. The molecule has 2 aromatic rings. The minimum Gasteiger partial charge on any atom is -0.495 e. The molecule has 0 aliphatic carbocycles. The lowest BCUT2D eigenvalue weighted by molar-refractivity contribution is -0.384. The molecule has 2 rings (SSSR count). The summed E-state index contributed by atoms with van der Waals surface area (Å²) in [7, 11) is 1.48. The average molecular weight is 322 g/mol. The summed E-state index contributed by atoms with van der Waals surface area (Å²) in [5.74, 6) is 0.427. The molecule has 0 aliphatic rings. The summed E-state index contributed by atoms with van der Waals surface area (Å²) >= 11 is 5.95. The molecular formula is C15H12ClNO5. The molecule has 6 nitrogen and oxygen atoms in total. The van der Waals surface area contributed by atoms with Crippen molar-refractivity contribution in [3.63, 3.8) is 0 Å². The van der Waals surface area contributed by atoms with Crippen LogP contribution in [0.3, 0.4) is 0 Å². The maximum atomic E-state index is 12.0. The SMILES string of the molecule is COc1ccc(C(=O)COc2cccc([N+](=O)[O-])c2)cc1Cl. The molecule has 0 fully saturated rings. The second-order valence-electron chi connectivity index (χ2n) is 4.32. The van der Waals surface area contributed by atoms with E-state index in [4.69, 9.17) is 21.1 Å². The summed E-state index contributed by atoms with van der Waals surface area (Å²) in [6.45, 7) is -0.246. The Labute approximate surface area is 131 Å². The molecule has 0 spiro atoms. The molecule has 0 N–H and O–H groups in total. The van der Waals surface area contributed by atoms with Gasteiger partial charge in [0.05, 0.1) is 23.1 Å². The lowest BCUT2D eigenvalue weighted by atomic mass is 10.1. The van der Waals surface area contributed by atoms with Crippen LogP contribution in [-0.4, -0.2) is 24.4 Å². The molecule has 0 aromatic heterocycles. The van der Waals surface area contributed by atoms with Gasteiger partial charge in [-0.3, -0.25) is 14.9 Å². The van der Waals surface area contributed by atoms with Gasteiger partial charge in [-0.25, -0.2) is 0 Å². The second-order valence-corrected chi connectivity index (χ2v) is 4.72. The summed E-state index contributed by atoms with van der Waals surface area (Å²) in [4.78, 5) is 22.2. The van der Waals surface area contributed by atoms with E-state index in [1.807, 2.05) is 0 Å². The molecule has 0 heterocycles. The minimum absolute atomic E-state index is 0.0996. The summed E-state index contributed by atoms with van der Waals surface area (Å²) in [5, 5.41) is 11.0. The quantitative estimate of drug-likeness (QED) is 0.462. The van der Waals surface area contributed by atoms with Crippen molar-refractivity contribution < 1.29 is 19.2 Å². The van der Waals surface area contributed by atoms with Gasteiger partial charge in [-0.05, 0) is 24.3 Å². The highest BCUT2D eigenvalue weighted by molar-refractivity contribution is 6.32. The van der Waals surface area contributed by atoms with Crippen molar-refractivity contribution in [3.8, 4) is 11.5 Å². The normalized spacial score (nSPS) is 10.1. The van der Waals surface area contributed by atoms with Crippen molar-refractivity contribution in [3.05, 3.63) is 63.2 Å². The van der Waals surface area contributed by atoms with Gasteiger partial charge in [-0.15, -0.1) is 0 Å². The summed E-state index contributed by atoms with van der Waals surface area (Å²) < 4.78 is 10.3. The fourth-order valence-electron chi connectivity index (χ4n) is 1.76. The van der Waals surface area contributed by atoms with E-state index in [1.54, 1.807) is 18.2 Å². The number of benzene rings is 2. The monoisotopic (exact) mass is 321 g/mol. The second kappa shape index (κ2) is 6.91. The van der Waals surface area contributed by atoms with Crippen LogP contribution in [-0.2, 0) is 0 Å². The van der Waals surface area contributed by atoms with Crippen LogP contribution in [0.25, 0.3) is 0 Å². The average Bonchev–Trinajstić information content (AvgIpc) is 2.52. The Morgan fingerprint density at radius 1 is 1.27 bits per heavy atom. The first kappa shape index (κ1) is 15.8. The number of methoxy groups -OCH3 is 1. The van der Waals surface area contributed by atoms with Crippen molar-refractivity contribution in [2.45, 2.75) is 0 Å². The van der Waals surface area contributed by atoms with Crippen molar-refractivity contribution in [2.24, 2.45) is 0 Å². The molecule has 0 saturated heterocycles. The van der Waals surface area contributed by atoms with Gasteiger partial charge in [0.1, 0.15) is 11.5 Å². The van der Waals surface area contributed by atoms with Gasteiger partial charge < -0.3 is 9.47 Å². The van der Waals surface area contributed by atoms with Crippen LogP contribution in [0.5, 0.6) is 11.5 Å². The molecule has 0 aliphatic heterocycles. The van der Waals surface area contributed by atoms with Crippen LogP contribution < -0.4 is 9.47 Å². The first-order valence-electron chi connectivity index (χ1n) is 6.25. The summed E-state index contributed by atoms with van der Waals surface area (Å²) in [6, 6.07) is 10.3. The summed E-state index contributed by atoms with van der Waals surface area (Å²) in [6.07, 6.45) is 0. The molecule has 7 heteroatoms. The molecule has 0 radical (unpaired) electrons. The zero-order valence-electron chi connectivity index (χ0n) is 11.6. The summed E-state index contributed by atoms with van der Waals surface area (Å²) in [5.41, 5.74) is 0.272. The number of Topliss-reactive ketones (excluding diaryl/α,β-unsaturated/α-hetero) is 1. The molecule has 0 amide bonds. The van der Waals surface area contributed by atoms with Gasteiger partial charge in [0.2, 0.25) is 0 Å². The lowest BCUT2D eigenvalue weighted by Crippen LogP contribution is -2.11. The van der Waals surface area contributed by atoms with Crippen molar-refractivity contribution in [2.75, 3.05) is 13.7 Å². The van der Waals surface area contributed by atoms with E-state index in [0.717, 1.165) is 0 Å². The maximum absolute atomic E-state index is 12.0. The Hall–Kier alpha value is -2.60. The first-order valence-corrected chi connectivity index (χ1v) is 6.63. The zero-order valence-corrected chi connectivity index (χ0v) is 12.4. The highest BCUT2D eigenvalue weighted by atomic mass is 35.5. The largest absolute Gasteiger partial charge is 0.495 e. The van der Waals surface area contributed by atoms with E-state index in [9.17, 15) is 14.9 Å². The third-order valence-corrected chi connectivity index (χ3v) is 3.17. The van der Waals surface area contributed by atoms with Gasteiger partial charge in [-0.1, -0.05) is 17.7 Å². The van der Waals surface area contributed by atoms with E-state index in [0.29, 0.717) is 16.3 Å². The van der Waals surface area contributed by atoms with Crippen LogP contribution in [0.2, 0.25) is 5.02 Å². The minimum atomic E-state index is -0.530. The van der Waals surface area contributed by atoms with E-state index in [-0.39, 0.29) is 23.8 Å². The van der Waals surface area contributed by atoms with Gasteiger partial charge in [0.15, 0.2) is 12.4 Å². The fourth-order valence-corrected chi connectivity index (χ4v) is 2.02. The fraction of sp³-hybridized carbons (Fsp3) is 0.133. The van der Waals surface area contributed by atoms with E-state index in [2.05, 4.69) is 0 Å². The molecule has 0 unspecified atom stereocenters. The van der Waals surface area contributed by atoms with Crippen LogP contribution in [0.1, 0.15) is 10.4 Å². The topological polar surface area (TPSA) is 78.7 Å². The molecule has 2 aromatic carbocycles. The van der Waals surface area contributed by atoms with Gasteiger partial charge in [0.25, 0.3) is 5.69 Å². The van der Waals surface area contributed by atoms with Crippen LogP contribution in [0.15, 0.2) is 42.5 Å². The van der Waals surface area contributed by atoms with E-state index in [1.165, 1.54) is 31.4 Å². The number of ether oxygens (including phenoxy) is 2. The molecule has 0 bridgehead atoms. The highest BCUT2D eigenvalue weighted by Gasteiger charge is 2.11. The number of hydrogen-bond acceptors (Lipinski definition) is 5. The molecule has 114 valence electrons. The molecule has 0 saturated carbocycles. The third kappa shape index (κ3) is 3.73. The van der Waals surface area contributed by atoms with Gasteiger partial charge >= 0.3 is 0 Å². The number of hydrogen-bond donors (Lipinski definition) is 0. The lowest BCUT2D eigenvalue weighted by Gasteiger charge is -2.07. The standard InChI is InChI=1S/C15H12ClNO5/c1-21-15-6-5-10(7-13(15)16)14(18)9-22-12-4-2-3-11(8-12)17(19)20/h2-8H,9H2,1H3. The Bertz CT molecular complexity index is 717. The number of carbonyl (C=O) groups is 1. The smallest absolute Gasteiger partial charge is 0.273 e. The van der Waals surface area contributed by atoms with Crippen molar-refractivity contribution >= 4 is 23.1 Å². The number of ketones is 1. The van der Waals surface area contributed by atoms with E-state index < -0.39 is 4.92 Å². The molecule has 22 heavy (non-hydrogen) atoms. The first-order chi connectivity index (χ1) is 10.5. The maximum Gasteiger partial charge on any atom is 0.273 e. The van der Waals surface area contributed by atoms with Gasteiger partial charge in [0, 0.05) is 11.6 Å². The Kier molecular flexibility index (Phi) is 4.95. The number of carbonyl (C=O) groups excluding carboxylic acids is 1. The van der Waals surface area contributed by atoms with Crippen LogP contribution >= 0.6 is 11.6 Å². The van der Waals surface area contributed by atoms with E-state index >= 15 is 0 Å². The number of nitro benzene ring substituents is 1. The van der Waals surface area contributed by atoms with Crippen LogP contribution in [0.4, 0.5) is 5.69 Å². The Morgan fingerprint density at radius 3 is 2.68 bits per heavy atom. The highest BCUT2D eigenvalue weighted by Crippen LogP contribution is 2.25.